The van der Waals surface area contributed by atoms with Crippen molar-refractivity contribution < 1.29 is 18.0 Å². The first-order valence-electron chi connectivity index (χ1n) is 9.48. The third kappa shape index (κ3) is 5.49. The van der Waals surface area contributed by atoms with Gasteiger partial charge in [0.25, 0.3) is 5.91 Å². The van der Waals surface area contributed by atoms with Crippen LogP contribution in [-0.4, -0.2) is 26.6 Å². The second-order valence-corrected chi connectivity index (χ2v) is 7.20. The van der Waals surface area contributed by atoms with Gasteiger partial charge in [-0.3, -0.25) is 9.48 Å². The lowest BCUT2D eigenvalue weighted by Gasteiger charge is -2.09. The molecule has 0 aliphatic rings. The van der Waals surface area contributed by atoms with Gasteiger partial charge in [0.2, 0.25) is 5.92 Å². The number of oxazole rings is 1. The fourth-order valence-electron chi connectivity index (χ4n) is 3.04. The molecule has 1 amide bonds. The van der Waals surface area contributed by atoms with Crippen molar-refractivity contribution in [3.05, 3.63) is 53.8 Å². The molecule has 154 valence electrons. The molecule has 8 heteroatoms. The lowest BCUT2D eigenvalue weighted by molar-refractivity contribution is 0.0102. The van der Waals surface area contributed by atoms with E-state index >= 15 is 0 Å². The summed E-state index contributed by atoms with van der Waals surface area (Å²) in [6.45, 7) is 5.05. The average Bonchev–Trinajstić information content (AvgIpc) is 3.25. The van der Waals surface area contributed by atoms with E-state index in [1.807, 2.05) is 31.2 Å². The van der Waals surface area contributed by atoms with E-state index in [2.05, 4.69) is 15.4 Å². The molecule has 0 atom stereocenters. The van der Waals surface area contributed by atoms with E-state index in [1.54, 1.807) is 17.8 Å². The number of benzene rings is 1. The zero-order valence-electron chi connectivity index (χ0n) is 16.7. The molecule has 0 bridgehead atoms. The van der Waals surface area contributed by atoms with Gasteiger partial charge in [-0.25, -0.2) is 13.8 Å². The highest BCUT2D eigenvalue weighted by molar-refractivity contribution is 6.06. The molecule has 6 nitrogen and oxygen atoms in total. The summed E-state index contributed by atoms with van der Waals surface area (Å²) >= 11 is 0. The molecule has 2 heterocycles. The van der Waals surface area contributed by atoms with Gasteiger partial charge in [-0.05, 0) is 32.3 Å². The monoisotopic (exact) mass is 402 g/mol. The van der Waals surface area contributed by atoms with Crippen molar-refractivity contribution in [2.24, 2.45) is 0 Å². The van der Waals surface area contributed by atoms with Crippen LogP contribution in [-0.2, 0) is 6.54 Å². The van der Waals surface area contributed by atoms with Gasteiger partial charge >= 0.3 is 0 Å². The zero-order valence-corrected chi connectivity index (χ0v) is 16.7. The quantitative estimate of drug-likeness (QED) is 0.524. The third-order valence-corrected chi connectivity index (χ3v) is 4.48. The summed E-state index contributed by atoms with van der Waals surface area (Å²) in [7, 11) is 0. The number of aromatic nitrogens is 3. The van der Waals surface area contributed by atoms with Crippen LogP contribution in [0.15, 0.2) is 41.1 Å². The van der Waals surface area contributed by atoms with E-state index in [0.717, 1.165) is 18.1 Å². The number of anilines is 1. The van der Waals surface area contributed by atoms with Crippen LogP contribution in [0.4, 0.5) is 14.5 Å². The van der Waals surface area contributed by atoms with Gasteiger partial charge in [0, 0.05) is 31.6 Å². The molecule has 0 radical (unpaired) electrons. The van der Waals surface area contributed by atoms with Crippen LogP contribution in [0.5, 0.6) is 0 Å². The Morgan fingerprint density at radius 1 is 1.24 bits per heavy atom. The molecular weight excluding hydrogens is 378 g/mol. The topological polar surface area (TPSA) is 73.0 Å². The van der Waals surface area contributed by atoms with E-state index in [-0.39, 0.29) is 12.1 Å². The van der Waals surface area contributed by atoms with E-state index < -0.39 is 11.8 Å². The summed E-state index contributed by atoms with van der Waals surface area (Å²) < 4.78 is 33.0. The molecule has 0 unspecified atom stereocenters. The van der Waals surface area contributed by atoms with Crippen molar-refractivity contribution in [2.75, 3.05) is 5.32 Å². The number of rotatable bonds is 8. The van der Waals surface area contributed by atoms with E-state index in [4.69, 9.17) is 4.42 Å². The first-order valence-corrected chi connectivity index (χ1v) is 9.48. The number of hydrogen-bond acceptors (Lipinski definition) is 4. The lowest BCUT2D eigenvalue weighted by Crippen LogP contribution is -2.13. The van der Waals surface area contributed by atoms with E-state index in [1.165, 1.54) is 6.20 Å². The minimum atomic E-state index is -2.65. The third-order valence-electron chi connectivity index (χ3n) is 4.48. The summed E-state index contributed by atoms with van der Waals surface area (Å²) in [5.41, 5.74) is 2.49. The lowest BCUT2D eigenvalue weighted by atomic mass is 10.1. The number of carbonyl (C=O) groups excluding carboxylic acids is 1. The molecule has 3 aromatic rings. The van der Waals surface area contributed by atoms with Crippen molar-refractivity contribution >= 4 is 11.6 Å². The highest BCUT2D eigenvalue weighted by Crippen LogP contribution is 2.28. The Morgan fingerprint density at radius 3 is 2.72 bits per heavy atom. The van der Waals surface area contributed by atoms with Crippen LogP contribution >= 0.6 is 0 Å². The fourth-order valence-corrected chi connectivity index (χ4v) is 3.04. The van der Waals surface area contributed by atoms with Crippen molar-refractivity contribution in [3.8, 4) is 11.3 Å². The molecule has 0 fully saturated rings. The van der Waals surface area contributed by atoms with Gasteiger partial charge in [-0.1, -0.05) is 24.3 Å². The smallest absolute Gasteiger partial charge is 0.278 e. The van der Waals surface area contributed by atoms with Gasteiger partial charge in [0.05, 0.1) is 11.9 Å². The van der Waals surface area contributed by atoms with Crippen LogP contribution in [0.3, 0.4) is 0 Å². The van der Waals surface area contributed by atoms with Crippen LogP contribution in [0.25, 0.3) is 11.3 Å². The standard InChI is InChI=1S/C21H24F2N4O2/c1-14-8-4-5-9-17(14)19-18(25-15(2)29-19)20(28)26-16-12-24-27(13-16)11-7-6-10-21(3,22)23/h4-5,8-9,12-13H,6-7,10-11H2,1-3H3,(H,26,28). The molecule has 0 spiro atoms. The minimum Gasteiger partial charge on any atom is -0.440 e. The fraction of sp³-hybridized carbons (Fsp3) is 0.381. The maximum absolute atomic E-state index is 12.9. The summed E-state index contributed by atoms with van der Waals surface area (Å²) in [6.07, 6.45) is 4.03. The van der Waals surface area contributed by atoms with Crippen LogP contribution in [0, 0.1) is 13.8 Å². The summed E-state index contributed by atoms with van der Waals surface area (Å²) in [6, 6.07) is 7.61. The van der Waals surface area contributed by atoms with E-state index in [9.17, 15) is 13.6 Å². The Labute approximate surface area is 167 Å². The zero-order chi connectivity index (χ0) is 21.0. The number of halogens is 2. The molecule has 0 aliphatic heterocycles. The van der Waals surface area contributed by atoms with Crippen molar-refractivity contribution in [1.29, 1.82) is 0 Å². The molecule has 29 heavy (non-hydrogen) atoms. The molecule has 3 rings (SSSR count). The Hall–Kier alpha value is -3.03. The number of nitrogens with one attached hydrogen (secondary N) is 1. The van der Waals surface area contributed by atoms with Crippen molar-refractivity contribution in [1.82, 2.24) is 14.8 Å². The largest absolute Gasteiger partial charge is 0.440 e. The molecular formula is C21H24F2N4O2. The molecule has 2 aromatic heterocycles. The first kappa shape index (κ1) is 20.7. The first-order chi connectivity index (χ1) is 13.7. The summed E-state index contributed by atoms with van der Waals surface area (Å²) in [5.74, 6) is -2.22. The second kappa shape index (κ2) is 8.55. The molecule has 1 N–H and O–H groups in total. The highest BCUT2D eigenvalue weighted by atomic mass is 19.3. The van der Waals surface area contributed by atoms with Crippen LogP contribution in [0.2, 0.25) is 0 Å². The maximum atomic E-state index is 12.9. The van der Waals surface area contributed by atoms with Crippen LogP contribution < -0.4 is 5.32 Å². The number of aryl methyl sites for hydroxylation is 3. The predicted octanol–water partition coefficient (Wildman–Crippen LogP) is 5.23. The number of amides is 1. The number of unbranched alkanes of at least 4 members (excludes halogenated alkanes) is 1. The average molecular weight is 402 g/mol. The minimum absolute atomic E-state index is 0.148. The van der Waals surface area contributed by atoms with Crippen molar-refractivity contribution in [2.45, 2.75) is 52.5 Å². The highest BCUT2D eigenvalue weighted by Gasteiger charge is 2.22. The van der Waals surface area contributed by atoms with Crippen LogP contribution in [0.1, 0.15) is 48.1 Å². The Morgan fingerprint density at radius 2 is 2.00 bits per heavy atom. The van der Waals surface area contributed by atoms with Gasteiger partial charge in [0.1, 0.15) is 0 Å². The number of hydrogen-bond donors (Lipinski definition) is 1. The van der Waals surface area contributed by atoms with E-state index in [0.29, 0.717) is 36.7 Å². The Balaban J connectivity index is 1.66. The molecule has 0 saturated heterocycles. The predicted molar refractivity (Wildman–Crippen MR) is 106 cm³/mol. The van der Waals surface area contributed by atoms with Crippen molar-refractivity contribution in [3.63, 3.8) is 0 Å². The summed E-state index contributed by atoms with van der Waals surface area (Å²) in [4.78, 5) is 17.0. The Bertz CT molecular complexity index is 989. The molecule has 0 saturated carbocycles. The summed E-state index contributed by atoms with van der Waals surface area (Å²) in [5, 5.41) is 6.94. The van der Waals surface area contributed by atoms with Gasteiger partial charge in [-0.2, -0.15) is 5.10 Å². The number of carbonyl (C=O) groups is 1. The maximum Gasteiger partial charge on any atom is 0.278 e. The van der Waals surface area contributed by atoms with Gasteiger partial charge in [0.15, 0.2) is 17.3 Å². The second-order valence-electron chi connectivity index (χ2n) is 7.20. The number of alkyl halides is 2. The SMILES string of the molecule is Cc1nc(C(=O)Nc2cnn(CCCCC(C)(F)F)c2)c(-c2ccccc2C)o1. The molecule has 0 aliphatic carbocycles. The Kier molecular flexibility index (Phi) is 6.10. The van der Waals surface area contributed by atoms with Gasteiger partial charge in [-0.15, -0.1) is 0 Å². The normalized spacial score (nSPS) is 11.6. The number of nitrogens with zero attached hydrogens (tertiary/aromatic N) is 3. The molecule has 1 aromatic carbocycles. The van der Waals surface area contributed by atoms with Gasteiger partial charge < -0.3 is 9.73 Å².